The summed E-state index contributed by atoms with van der Waals surface area (Å²) >= 11 is 0. The second-order valence-electron chi connectivity index (χ2n) is 6.57. The molecule has 0 aliphatic rings. The zero-order valence-corrected chi connectivity index (χ0v) is 15.8. The van der Waals surface area contributed by atoms with E-state index in [1.54, 1.807) is 12.3 Å². The topological polar surface area (TPSA) is 50.7 Å². The van der Waals surface area contributed by atoms with Gasteiger partial charge >= 0.3 is 0 Å². The molecule has 4 nitrogen and oxygen atoms in total. The van der Waals surface area contributed by atoms with Crippen molar-refractivity contribution in [1.29, 1.82) is 0 Å². The molecule has 0 heterocycles. The molecule has 0 unspecified atom stereocenters. The molecular formula is C25H20N2O2. The third kappa shape index (κ3) is 4.68. The summed E-state index contributed by atoms with van der Waals surface area (Å²) in [6.07, 6.45) is 1.60. The highest BCUT2D eigenvalue weighted by atomic mass is 16.5. The predicted octanol–water partition coefficient (Wildman–Crippen LogP) is 5.18. The quantitative estimate of drug-likeness (QED) is 0.370. The van der Waals surface area contributed by atoms with Gasteiger partial charge in [-0.15, -0.1) is 0 Å². The first-order valence-electron chi connectivity index (χ1n) is 9.37. The van der Waals surface area contributed by atoms with Crippen LogP contribution in [0.2, 0.25) is 0 Å². The average molecular weight is 380 g/mol. The van der Waals surface area contributed by atoms with Crippen molar-refractivity contribution in [1.82, 2.24) is 5.43 Å². The van der Waals surface area contributed by atoms with E-state index in [0.29, 0.717) is 17.9 Å². The molecule has 4 rings (SSSR count). The van der Waals surface area contributed by atoms with Crippen LogP contribution in [0.4, 0.5) is 0 Å². The van der Waals surface area contributed by atoms with Gasteiger partial charge in [-0.05, 0) is 40.6 Å². The van der Waals surface area contributed by atoms with Crippen molar-refractivity contribution in [2.24, 2.45) is 5.10 Å². The van der Waals surface area contributed by atoms with Crippen LogP contribution in [0.15, 0.2) is 102 Å². The van der Waals surface area contributed by atoms with E-state index in [1.807, 2.05) is 91.0 Å². The van der Waals surface area contributed by atoms with Crippen molar-refractivity contribution in [3.63, 3.8) is 0 Å². The van der Waals surface area contributed by atoms with E-state index < -0.39 is 0 Å². The van der Waals surface area contributed by atoms with E-state index >= 15 is 0 Å². The summed E-state index contributed by atoms with van der Waals surface area (Å²) in [4.78, 5) is 12.4. The van der Waals surface area contributed by atoms with E-state index in [2.05, 4.69) is 10.5 Å². The molecule has 29 heavy (non-hydrogen) atoms. The molecule has 0 aliphatic heterocycles. The van der Waals surface area contributed by atoms with E-state index in [1.165, 1.54) is 0 Å². The minimum absolute atomic E-state index is 0.255. The van der Waals surface area contributed by atoms with Crippen LogP contribution in [-0.4, -0.2) is 12.1 Å². The van der Waals surface area contributed by atoms with E-state index in [0.717, 1.165) is 21.9 Å². The van der Waals surface area contributed by atoms with Crippen LogP contribution in [0.1, 0.15) is 21.5 Å². The Labute approximate surface area is 169 Å². The Morgan fingerprint density at radius 3 is 2.41 bits per heavy atom. The Bertz CT molecular complexity index is 1150. The van der Waals surface area contributed by atoms with Gasteiger partial charge in [-0.3, -0.25) is 4.79 Å². The molecule has 0 saturated heterocycles. The molecule has 142 valence electrons. The number of fused-ring (bicyclic) bond motifs is 1. The summed E-state index contributed by atoms with van der Waals surface area (Å²) in [6.45, 7) is 0.467. The van der Waals surface area contributed by atoms with Crippen LogP contribution in [0.5, 0.6) is 5.75 Å². The van der Waals surface area contributed by atoms with Gasteiger partial charge in [0.1, 0.15) is 12.4 Å². The first-order chi connectivity index (χ1) is 14.3. The number of carbonyl (C=O) groups is 1. The fraction of sp³-hybridized carbons (Fsp3) is 0.0400. The molecule has 4 aromatic carbocycles. The van der Waals surface area contributed by atoms with Crippen LogP contribution in [0, 0.1) is 0 Å². The summed E-state index contributed by atoms with van der Waals surface area (Å²) < 4.78 is 5.91. The highest BCUT2D eigenvalue weighted by Gasteiger charge is 2.06. The summed E-state index contributed by atoms with van der Waals surface area (Å²) in [5, 5.41) is 6.22. The first-order valence-corrected chi connectivity index (χ1v) is 9.37. The second kappa shape index (κ2) is 8.85. The molecule has 4 heteroatoms. The van der Waals surface area contributed by atoms with E-state index in [4.69, 9.17) is 4.74 Å². The number of hydrogen-bond acceptors (Lipinski definition) is 3. The maximum Gasteiger partial charge on any atom is 0.271 e. The largest absolute Gasteiger partial charge is 0.488 e. The Morgan fingerprint density at radius 2 is 1.55 bits per heavy atom. The van der Waals surface area contributed by atoms with Crippen molar-refractivity contribution >= 4 is 22.9 Å². The Hall–Kier alpha value is -3.92. The monoisotopic (exact) mass is 380 g/mol. The number of hydrazone groups is 1. The van der Waals surface area contributed by atoms with Gasteiger partial charge in [0.25, 0.3) is 5.91 Å². The van der Waals surface area contributed by atoms with Gasteiger partial charge in [-0.25, -0.2) is 5.43 Å². The summed E-state index contributed by atoms with van der Waals surface area (Å²) in [7, 11) is 0. The van der Waals surface area contributed by atoms with Gasteiger partial charge in [0.2, 0.25) is 0 Å². The number of carbonyl (C=O) groups excluding carboxylic acids is 1. The van der Waals surface area contributed by atoms with Crippen molar-refractivity contribution in [2.45, 2.75) is 6.61 Å². The lowest BCUT2D eigenvalue weighted by Crippen LogP contribution is -2.17. The smallest absolute Gasteiger partial charge is 0.271 e. The maximum absolute atomic E-state index is 12.4. The molecular weight excluding hydrogens is 360 g/mol. The number of amides is 1. The lowest BCUT2D eigenvalue weighted by atomic mass is 10.1. The van der Waals surface area contributed by atoms with Gasteiger partial charge in [0.15, 0.2) is 0 Å². The molecule has 1 N–H and O–H groups in total. The SMILES string of the molecule is O=C(N/N=C\c1ccccc1OCc1ccccc1)c1ccc2ccccc2c1. The fourth-order valence-electron chi connectivity index (χ4n) is 3.01. The second-order valence-corrected chi connectivity index (χ2v) is 6.57. The molecule has 1 amide bonds. The van der Waals surface area contributed by atoms with Gasteiger partial charge in [0, 0.05) is 11.1 Å². The Kier molecular flexibility index (Phi) is 5.63. The van der Waals surface area contributed by atoms with Crippen LogP contribution in [0.25, 0.3) is 10.8 Å². The minimum atomic E-state index is -0.255. The predicted molar refractivity (Wildman–Crippen MR) is 116 cm³/mol. The lowest BCUT2D eigenvalue weighted by molar-refractivity contribution is 0.0955. The third-order valence-electron chi connectivity index (χ3n) is 4.54. The number of para-hydroxylation sites is 1. The molecule has 0 aromatic heterocycles. The van der Waals surface area contributed by atoms with E-state index in [-0.39, 0.29) is 5.91 Å². The van der Waals surface area contributed by atoms with Crippen LogP contribution < -0.4 is 10.2 Å². The standard InChI is InChI=1S/C25H20N2O2/c28-25(22-15-14-20-10-4-5-11-21(20)16-22)27-26-17-23-12-6-7-13-24(23)29-18-19-8-2-1-3-9-19/h1-17H,18H2,(H,27,28)/b26-17-. The molecule has 0 saturated carbocycles. The van der Waals surface area contributed by atoms with Crippen molar-refractivity contribution in [3.8, 4) is 5.75 Å². The van der Waals surface area contributed by atoms with Crippen molar-refractivity contribution in [2.75, 3.05) is 0 Å². The van der Waals surface area contributed by atoms with Crippen molar-refractivity contribution in [3.05, 3.63) is 114 Å². The lowest BCUT2D eigenvalue weighted by Gasteiger charge is -2.09. The summed E-state index contributed by atoms with van der Waals surface area (Å²) in [5.74, 6) is 0.453. The third-order valence-corrected chi connectivity index (χ3v) is 4.54. The van der Waals surface area contributed by atoms with Gasteiger partial charge in [0.05, 0.1) is 6.21 Å². The van der Waals surface area contributed by atoms with Crippen LogP contribution in [-0.2, 0) is 6.61 Å². The van der Waals surface area contributed by atoms with Crippen LogP contribution in [0.3, 0.4) is 0 Å². The van der Waals surface area contributed by atoms with Gasteiger partial charge < -0.3 is 4.74 Å². The number of nitrogens with one attached hydrogen (secondary N) is 1. The van der Waals surface area contributed by atoms with Gasteiger partial charge in [-0.2, -0.15) is 5.10 Å². The number of nitrogens with zero attached hydrogens (tertiary/aromatic N) is 1. The molecule has 0 atom stereocenters. The first kappa shape index (κ1) is 18.4. The molecule has 0 bridgehead atoms. The average Bonchev–Trinajstić information content (AvgIpc) is 2.78. The Balaban J connectivity index is 1.42. The fourth-order valence-corrected chi connectivity index (χ4v) is 3.01. The molecule has 0 aliphatic carbocycles. The highest BCUT2D eigenvalue weighted by Crippen LogP contribution is 2.18. The number of rotatable bonds is 6. The maximum atomic E-state index is 12.4. The summed E-state index contributed by atoms with van der Waals surface area (Å²) in [5.41, 5.74) is 5.03. The molecule has 0 fully saturated rings. The zero-order chi connectivity index (χ0) is 19.9. The van der Waals surface area contributed by atoms with Crippen molar-refractivity contribution < 1.29 is 9.53 Å². The molecule has 0 spiro atoms. The summed E-state index contributed by atoms with van der Waals surface area (Å²) in [6, 6.07) is 31.1. The normalized spacial score (nSPS) is 10.9. The minimum Gasteiger partial charge on any atom is -0.488 e. The van der Waals surface area contributed by atoms with E-state index in [9.17, 15) is 4.79 Å². The van der Waals surface area contributed by atoms with Crippen LogP contribution >= 0.6 is 0 Å². The number of hydrogen-bond donors (Lipinski definition) is 1. The molecule has 4 aromatic rings. The Morgan fingerprint density at radius 1 is 0.828 bits per heavy atom. The number of benzene rings is 4. The number of ether oxygens (including phenoxy) is 1. The zero-order valence-electron chi connectivity index (χ0n) is 15.8. The highest BCUT2D eigenvalue weighted by molar-refractivity contribution is 5.99. The molecule has 0 radical (unpaired) electrons. The van der Waals surface area contributed by atoms with Gasteiger partial charge in [-0.1, -0.05) is 72.8 Å².